The lowest BCUT2D eigenvalue weighted by Gasteiger charge is -1.89. The molecule has 0 heterocycles. The number of aliphatic hydroxyl groups is 1. The zero-order valence-electron chi connectivity index (χ0n) is 2.81. The highest BCUT2D eigenvalue weighted by atomic mass is 16.3. The molecule has 0 saturated heterocycles. The molecule has 1 rings (SSSR count). The summed E-state index contributed by atoms with van der Waals surface area (Å²) in [5.74, 6) is 0.435. The Bertz CT molecular complexity index is 64.0. The van der Waals surface area contributed by atoms with Gasteiger partial charge in [0.1, 0.15) is 18.9 Å². The van der Waals surface area contributed by atoms with Crippen molar-refractivity contribution in [1.29, 1.82) is 0 Å². The molecule has 0 atom stereocenters. The lowest BCUT2D eigenvalue weighted by Crippen LogP contribution is -1.90. The van der Waals surface area contributed by atoms with E-state index in [0.717, 1.165) is 6.42 Å². The summed E-state index contributed by atoms with van der Waals surface area (Å²) < 4.78 is 0. The fraction of sp³-hybridized carbons (Fsp3) is 0.250. The van der Waals surface area contributed by atoms with Crippen molar-refractivity contribution >= 4 is 0 Å². The van der Waals surface area contributed by atoms with Gasteiger partial charge in [0.2, 0.25) is 0 Å². The van der Waals surface area contributed by atoms with Gasteiger partial charge in [-0.05, 0) is 0 Å². The lowest BCUT2D eigenvalue weighted by atomic mass is 10.1. The molecule has 1 aliphatic rings. The van der Waals surface area contributed by atoms with E-state index in [2.05, 4.69) is 0 Å². The van der Waals surface area contributed by atoms with E-state index in [4.69, 9.17) is 5.11 Å². The Kier molecular flexibility index (Phi) is 0.357. The summed E-state index contributed by atoms with van der Waals surface area (Å²) in [6, 6.07) is 0. The molecule has 0 aromatic heterocycles. The van der Waals surface area contributed by atoms with Gasteiger partial charge in [-0.25, -0.2) is 0 Å². The first kappa shape index (κ1) is 2.64. The molecule has 0 aromatic rings. The summed E-state index contributed by atoms with van der Waals surface area (Å²) in [5, 5.41) is 8.25. The highest BCUT2D eigenvalue weighted by Gasteiger charge is 2.12. The number of hydrogen-bond acceptors (Lipinski definition) is 1. The van der Waals surface area contributed by atoms with Gasteiger partial charge in [-0.3, -0.25) is 0 Å². The van der Waals surface area contributed by atoms with E-state index in [1.54, 1.807) is 12.5 Å². The molecule has 5 heavy (non-hydrogen) atoms. The predicted octanol–water partition coefficient (Wildman–Crippen LogP) is 1.04. The van der Waals surface area contributed by atoms with Crippen molar-refractivity contribution < 1.29 is 5.11 Å². The van der Waals surface area contributed by atoms with Crippen LogP contribution in [0.4, 0.5) is 0 Å². The first-order chi connectivity index (χ1) is 2.39. The zero-order valence-corrected chi connectivity index (χ0v) is 2.81. The van der Waals surface area contributed by atoms with Crippen LogP contribution in [0.1, 0.15) is 6.42 Å². The Labute approximate surface area is 30.9 Å². The van der Waals surface area contributed by atoms with E-state index in [1.165, 1.54) is 0 Å². The van der Waals surface area contributed by atoms with Gasteiger partial charge < -0.3 is 5.11 Å². The van der Waals surface area contributed by atoms with Crippen LogP contribution in [0.3, 0.4) is 0 Å². The molecule has 0 unspecified atom stereocenters. The predicted molar refractivity (Wildman–Crippen MR) is 19.6 cm³/mol. The van der Waals surface area contributed by atoms with Crippen LogP contribution in [0.5, 0.6) is 0 Å². The van der Waals surface area contributed by atoms with E-state index in [-0.39, 0.29) is 0 Å². The van der Waals surface area contributed by atoms with Gasteiger partial charge >= 0.3 is 0 Å². The molecule has 1 heteroatoms. The molecule has 0 radical (unpaired) electrons. The van der Waals surface area contributed by atoms with E-state index >= 15 is 0 Å². The minimum Gasteiger partial charge on any atom is -0.478 e. The first-order valence-corrected chi connectivity index (χ1v) is 1.62. The second-order valence-electron chi connectivity index (χ2n) is 1.07. The van der Waals surface area contributed by atoms with Crippen LogP contribution in [-0.2, 0) is 0 Å². The molecule has 0 aliphatic heterocycles. The van der Waals surface area contributed by atoms with Crippen LogP contribution in [-0.4, -0.2) is 5.11 Å². The quantitative estimate of drug-likeness (QED) is 0.421. The van der Waals surface area contributed by atoms with Crippen LogP contribution >= 0.6 is 0 Å². The fourth-order valence-electron chi connectivity index (χ4n) is 0.223. The molecular formula is C4H5O+. The highest BCUT2D eigenvalue weighted by Crippen LogP contribution is 2.10. The molecule has 0 saturated carbocycles. The molecule has 0 spiro atoms. The highest BCUT2D eigenvalue weighted by molar-refractivity contribution is 5.16. The van der Waals surface area contributed by atoms with Gasteiger partial charge in [0.05, 0.1) is 0 Å². The summed E-state index contributed by atoms with van der Waals surface area (Å²) in [6.07, 6.45) is 4.48. The monoisotopic (exact) mass is 69.0 g/mol. The topological polar surface area (TPSA) is 20.2 Å². The second-order valence-corrected chi connectivity index (χ2v) is 1.07. The summed E-state index contributed by atoms with van der Waals surface area (Å²) in [4.78, 5) is 0. The molecule has 0 aromatic carbocycles. The maximum absolute atomic E-state index is 8.25. The van der Waals surface area contributed by atoms with Crippen LogP contribution in [0.2, 0.25) is 0 Å². The summed E-state index contributed by atoms with van der Waals surface area (Å²) in [7, 11) is 0. The van der Waals surface area contributed by atoms with Gasteiger partial charge in [-0.1, -0.05) is 0 Å². The van der Waals surface area contributed by atoms with Gasteiger partial charge in [0.15, 0.2) is 0 Å². The Balaban J connectivity index is 2.51. The lowest BCUT2D eigenvalue weighted by molar-refractivity contribution is 0.401. The standard InChI is InChI=1S/C4H4O/c5-4-2-1-3-4/h2-3H,1H2/p+1. The number of hydrogen-bond donors (Lipinski definition) is 1. The van der Waals surface area contributed by atoms with Gasteiger partial charge in [0, 0.05) is 0 Å². The third-order valence-electron chi connectivity index (χ3n) is 0.654. The molecule has 0 bridgehead atoms. The minimum atomic E-state index is 0.435. The Morgan fingerprint density at radius 3 is 2.40 bits per heavy atom. The molecule has 1 aliphatic carbocycles. The molecule has 0 amide bonds. The third-order valence-corrected chi connectivity index (χ3v) is 0.654. The Morgan fingerprint density at radius 2 is 2.40 bits per heavy atom. The maximum atomic E-state index is 8.25. The minimum absolute atomic E-state index is 0.435. The van der Waals surface area contributed by atoms with Crippen molar-refractivity contribution in [2.45, 2.75) is 6.42 Å². The SMILES string of the molecule is OC1=CC[CH+]1. The number of rotatable bonds is 0. The van der Waals surface area contributed by atoms with Crippen molar-refractivity contribution in [3.8, 4) is 0 Å². The average molecular weight is 69.1 g/mol. The molecule has 1 nitrogen and oxygen atoms in total. The van der Waals surface area contributed by atoms with Crippen molar-refractivity contribution in [3.05, 3.63) is 18.3 Å². The van der Waals surface area contributed by atoms with E-state index in [0.29, 0.717) is 5.76 Å². The van der Waals surface area contributed by atoms with Crippen molar-refractivity contribution in [2.24, 2.45) is 0 Å². The second kappa shape index (κ2) is 0.677. The van der Waals surface area contributed by atoms with E-state index < -0.39 is 0 Å². The van der Waals surface area contributed by atoms with E-state index in [9.17, 15) is 0 Å². The molecule has 1 N–H and O–H groups in total. The summed E-state index contributed by atoms with van der Waals surface area (Å²) >= 11 is 0. The van der Waals surface area contributed by atoms with E-state index in [1.807, 2.05) is 0 Å². The van der Waals surface area contributed by atoms with Crippen LogP contribution in [0.25, 0.3) is 0 Å². The largest absolute Gasteiger partial charge is 0.478 e. The molecule has 26 valence electrons. The molecular weight excluding hydrogens is 64.0 g/mol. The van der Waals surface area contributed by atoms with Crippen LogP contribution in [0, 0.1) is 6.42 Å². The van der Waals surface area contributed by atoms with Crippen LogP contribution in [0.15, 0.2) is 11.8 Å². The van der Waals surface area contributed by atoms with Gasteiger partial charge in [0.25, 0.3) is 5.76 Å². The summed E-state index contributed by atoms with van der Waals surface area (Å²) in [6.45, 7) is 0. The normalized spacial score (nSPS) is 18.8. The Morgan fingerprint density at radius 1 is 2.00 bits per heavy atom. The Hall–Kier alpha value is -0.590. The van der Waals surface area contributed by atoms with Crippen LogP contribution < -0.4 is 0 Å². The number of aliphatic hydroxyl groups excluding tert-OH is 1. The fourth-order valence-corrected chi connectivity index (χ4v) is 0.223. The van der Waals surface area contributed by atoms with Crippen molar-refractivity contribution in [1.82, 2.24) is 0 Å². The zero-order chi connectivity index (χ0) is 3.70. The average Bonchev–Trinajstić information content (AvgIpc) is 1.30. The smallest absolute Gasteiger partial charge is 0.277 e. The maximum Gasteiger partial charge on any atom is 0.277 e. The van der Waals surface area contributed by atoms with Crippen molar-refractivity contribution in [3.63, 3.8) is 0 Å². The van der Waals surface area contributed by atoms with Gasteiger partial charge in [-0.2, -0.15) is 0 Å². The van der Waals surface area contributed by atoms with Gasteiger partial charge in [-0.15, -0.1) is 0 Å². The first-order valence-electron chi connectivity index (χ1n) is 1.62. The third kappa shape index (κ3) is 0.232. The molecule has 0 fully saturated rings. The van der Waals surface area contributed by atoms with Crippen molar-refractivity contribution in [2.75, 3.05) is 0 Å². The number of allylic oxidation sites excluding steroid dienone is 2. The summed E-state index contributed by atoms with van der Waals surface area (Å²) in [5.41, 5.74) is 0.